The summed E-state index contributed by atoms with van der Waals surface area (Å²) in [6.45, 7) is 2.30. The van der Waals surface area contributed by atoms with Gasteiger partial charge in [-0.2, -0.15) is 0 Å². The number of aromatic amines is 1. The molecule has 1 heterocycles. The van der Waals surface area contributed by atoms with Crippen molar-refractivity contribution in [1.29, 1.82) is 0 Å². The highest BCUT2D eigenvalue weighted by Crippen LogP contribution is 2.23. The first kappa shape index (κ1) is 22.0. The summed E-state index contributed by atoms with van der Waals surface area (Å²) in [7, 11) is 0. The first-order valence-electron chi connectivity index (χ1n) is 9.72. The number of carbonyl (C=O) groups is 2. The third-order valence-electron chi connectivity index (χ3n) is 4.56. The van der Waals surface area contributed by atoms with E-state index >= 15 is 0 Å². The largest absolute Gasteiger partial charge is 0.450 e. The first-order chi connectivity index (χ1) is 14.5. The van der Waals surface area contributed by atoms with E-state index in [0.717, 1.165) is 29.3 Å². The lowest BCUT2D eigenvalue weighted by Gasteiger charge is -2.18. The second-order valence-electron chi connectivity index (χ2n) is 6.89. The van der Waals surface area contributed by atoms with Gasteiger partial charge in [-0.25, -0.2) is 4.79 Å². The average Bonchev–Trinajstić information content (AvgIpc) is 3.10. The van der Waals surface area contributed by atoms with Gasteiger partial charge in [-0.05, 0) is 42.3 Å². The van der Waals surface area contributed by atoms with Gasteiger partial charge in [0, 0.05) is 27.4 Å². The van der Waals surface area contributed by atoms with Gasteiger partial charge in [-0.3, -0.25) is 4.79 Å². The van der Waals surface area contributed by atoms with E-state index in [9.17, 15) is 9.59 Å². The summed E-state index contributed by atoms with van der Waals surface area (Å²) in [4.78, 5) is 28.3. The van der Waals surface area contributed by atoms with Crippen LogP contribution in [0.15, 0.2) is 48.5 Å². The molecule has 3 rings (SSSR count). The highest BCUT2D eigenvalue weighted by Gasteiger charge is 2.23. The Kier molecular flexibility index (Phi) is 7.60. The van der Waals surface area contributed by atoms with Crippen LogP contribution in [0, 0.1) is 0 Å². The fourth-order valence-electron chi connectivity index (χ4n) is 2.98. The van der Waals surface area contributed by atoms with Crippen LogP contribution >= 0.6 is 23.2 Å². The van der Waals surface area contributed by atoms with Crippen LogP contribution in [0.3, 0.4) is 0 Å². The van der Waals surface area contributed by atoms with Gasteiger partial charge in [0.05, 0.1) is 6.61 Å². The first-order valence-corrected chi connectivity index (χ1v) is 10.5. The van der Waals surface area contributed by atoms with Crippen molar-refractivity contribution in [3.05, 3.63) is 64.1 Å². The molecule has 0 aliphatic carbocycles. The predicted molar refractivity (Wildman–Crippen MR) is 120 cm³/mol. The second kappa shape index (κ2) is 10.4. The van der Waals surface area contributed by atoms with Gasteiger partial charge in [0.2, 0.25) is 5.91 Å². The molecule has 0 aliphatic heterocycles. The molecule has 2 aromatic carbocycles. The van der Waals surface area contributed by atoms with Crippen LogP contribution in [-0.4, -0.2) is 29.6 Å². The summed E-state index contributed by atoms with van der Waals surface area (Å²) < 4.78 is 5.16. The highest BCUT2D eigenvalue weighted by atomic mass is 35.5. The summed E-state index contributed by atoms with van der Waals surface area (Å²) in [5.74, 6) is 0.114. The predicted octanol–water partition coefficient (Wildman–Crippen LogP) is 5.55. The number of anilines is 1. The number of rotatable bonds is 8. The number of aromatic nitrogens is 1. The van der Waals surface area contributed by atoms with Crippen molar-refractivity contribution < 1.29 is 14.3 Å². The minimum atomic E-state index is -0.867. The Labute approximate surface area is 184 Å². The molecule has 0 bridgehead atoms. The summed E-state index contributed by atoms with van der Waals surface area (Å²) in [5, 5.41) is 7.46. The van der Waals surface area contributed by atoms with Crippen LogP contribution < -0.4 is 10.6 Å². The number of H-pyrrole nitrogens is 1. The van der Waals surface area contributed by atoms with Gasteiger partial charge in [0.25, 0.3) is 0 Å². The van der Waals surface area contributed by atoms with Crippen LogP contribution in [0.1, 0.15) is 25.3 Å². The Morgan fingerprint density at radius 2 is 1.93 bits per heavy atom. The third-order valence-corrected chi connectivity index (χ3v) is 5.17. The average molecular weight is 448 g/mol. The van der Waals surface area contributed by atoms with Gasteiger partial charge >= 0.3 is 6.09 Å². The minimum Gasteiger partial charge on any atom is -0.450 e. The van der Waals surface area contributed by atoms with E-state index in [-0.39, 0.29) is 12.3 Å². The van der Waals surface area contributed by atoms with Crippen LogP contribution in [0.5, 0.6) is 0 Å². The molecule has 2 amide bonds. The molecule has 0 saturated carbocycles. The Bertz CT molecular complexity index is 1040. The minimum absolute atomic E-state index is 0.223. The maximum atomic E-state index is 13.0. The number of hydrogen-bond acceptors (Lipinski definition) is 3. The summed E-state index contributed by atoms with van der Waals surface area (Å²) >= 11 is 12.3. The molecule has 8 heteroatoms. The number of unbranched alkanes of at least 4 members (excludes halogenated alkanes) is 1. The number of halogens is 2. The monoisotopic (exact) mass is 447 g/mol. The smallest absolute Gasteiger partial charge is 0.407 e. The Morgan fingerprint density at radius 1 is 1.13 bits per heavy atom. The fourth-order valence-corrected chi connectivity index (χ4v) is 3.37. The summed E-state index contributed by atoms with van der Waals surface area (Å²) in [6.07, 6.45) is 1.24. The van der Waals surface area contributed by atoms with Gasteiger partial charge in [0.15, 0.2) is 0 Å². The van der Waals surface area contributed by atoms with E-state index < -0.39 is 12.1 Å². The van der Waals surface area contributed by atoms with E-state index in [1.165, 1.54) is 0 Å². The lowest BCUT2D eigenvalue weighted by molar-refractivity contribution is -0.118. The van der Waals surface area contributed by atoms with Gasteiger partial charge in [0.1, 0.15) is 11.9 Å². The third kappa shape index (κ3) is 5.90. The SMILES string of the molecule is CCCCOC(=O)NC(Cc1ccccc1Cl)C(=O)Nc1cc2cc(Cl)ccc2[nH]1. The van der Waals surface area contributed by atoms with Crippen molar-refractivity contribution >= 4 is 51.9 Å². The molecule has 1 aromatic heterocycles. The van der Waals surface area contributed by atoms with E-state index in [0.29, 0.717) is 22.5 Å². The molecule has 3 aromatic rings. The molecule has 30 heavy (non-hydrogen) atoms. The van der Waals surface area contributed by atoms with Crippen molar-refractivity contribution in [3.8, 4) is 0 Å². The lowest BCUT2D eigenvalue weighted by atomic mass is 10.1. The second-order valence-corrected chi connectivity index (χ2v) is 7.73. The molecular formula is C22H23Cl2N3O3. The number of hydrogen-bond donors (Lipinski definition) is 3. The molecule has 0 radical (unpaired) electrons. The molecule has 6 nitrogen and oxygen atoms in total. The van der Waals surface area contributed by atoms with Crippen molar-refractivity contribution in [2.45, 2.75) is 32.2 Å². The molecule has 0 saturated heterocycles. The quantitative estimate of drug-likeness (QED) is 0.395. The number of amides is 2. The number of benzene rings is 2. The maximum Gasteiger partial charge on any atom is 0.407 e. The summed E-state index contributed by atoms with van der Waals surface area (Å²) in [5.41, 5.74) is 1.58. The number of alkyl carbamates (subject to hydrolysis) is 1. The maximum absolute atomic E-state index is 13.0. The molecule has 0 spiro atoms. The van der Waals surface area contributed by atoms with Crippen molar-refractivity contribution in [2.75, 3.05) is 11.9 Å². The van der Waals surface area contributed by atoms with E-state index in [4.69, 9.17) is 27.9 Å². The van der Waals surface area contributed by atoms with Crippen LogP contribution in [0.4, 0.5) is 10.6 Å². The van der Waals surface area contributed by atoms with Crippen molar-refractivity contribution in [3.63, 3.8) is 0 Å². The number of ether oxygens (including phenoxy) is 1. The van der Waals surface area contributed by atoms with Crippen LogP contribution in [0.2, 0.25) is 10.0 Å². The lowest BCUT2D eigenvalue weighted by Crippen LogP contribution is -2.45. The number of fused-ring (bicyclic) bond motifs is 1. The van der Waals surface area contributed by atoms with E-state index in [2.05, 4.69) is 15.6 Å². The van der Waals surface area contributed by atoms with Gasteiger partial charge in [-0.1, -0.05) is 54.7 Å². The van der Waals surface area contributed by atoms with Gasteiger partial charge in [-0.15, -0.1) is 0 Å². The van der Waals surface area contributed by atoms with E-state index in [1.54, 1.807) is 24.3 Å². The van der Waals surface area contributed by atoms with Crippen LogP contribution in [0.25, 0.3) is 10.9 Å². The van der Waals surface area contributed by atoms with Crippen molar-refractivity contribution in [1.82, 2.24) is 10.3 Å². The molecule has 1 atom stereocenters. The number of nitrogens with one attached hydrogen (secondary N) is 3. The Hall–Kier alpha value is -2.70. The normalized spacial score (nSPS) is 11.8. The zero-order chi connectivity index (χ0) is 21.5. The molecule has 158 valence electrons. The standard InChI is InChI=1S/C22H23Cl2N3O3/c1-2-3-10-30-22(29)26-19(12-14-6-4-5-7-17(14)24)21(28)27-20-13-15-11-16(23)8-9-18(15)25-20/h4-9,11,13,19,25H,2-3,10,12H2,1H3,(H,26,29)(H,27,28). The topological polar surface area (TPSA) is 83.2 Å². The Balaban J connectivity index is 1.75. The molecule has 3 N–H and O–H groups in total. The van der Waals surface area contributed by atoms with Crippen LogP contribution in [-0.2, 0) is 16.0 Å². The number of carbonyl (C=O) groups excluding carboxylic acids is 2. The zero-order valence-electron chi connectivity index (χ0n) is 16.5. The molecule has 0 fully saturated rings. The molecule has 0 aliphatic rings. The Morgan fingerprint density at radius 3 is 2.70 bits per heavy atom. The summed E-state index contributed by atoms with van der Waals surface area (Å²) in [6, 6.07) is 13.5. The van der Waals surface area contributed by atoms with Crippen molar-refractivity contribution in [2.24, 2.45) is 0 Å². The molecule has 1 unspecified atom stereocenters. The van der Waals surface area contributed by atoms with E-state index in [1.807, 2.05) is 31.2 Å². The fraction of sp³-hybridized carbons (Fsp3) is 0.273. The molecular weight excluding hydrogens is 425 g/mol. The van der Waals surface area contributed by atoms with Gasteiger partial charge < -0.3 is 20.4 Å². The highest BCUT2D eigenvalue weighted by molar-refractivity contribution is 6.31. The zero-order valence-corrected chi connectivity index (χ0v) is 18.0.